The molecule has 0 bridgehead atoms. The van der Waals surface area contributed by atoms with Gasteiger partial charge in [0.25, 0.3) is 0 Å². The molecular weight excluding hydrogens is 278 g/mol. The molecular formula is C18H27NO3. The fourth-order valence-corrected chi connectivity index (χ4v) is 2.90. The first-order valence-electron chi connectivity index (χ1n) is 8.34. The van der Waals surface area contributed by atoms with Crippen molar-refractivity contribution < 1.29 is 14.6 Å². The van der Waals surface area contributed by atoms with E-state index in [9.17, 15) is 4.79 Å². The van der Waals surface area contributed by atoms with Crippen molar-refractivity contribution in [2.75, 3.05) is 26.2 Å². The number of carboxylic acids is 1. The van der Waals surface area contributed by atoms with E-state index in [1.165, 1.54) is 5.56 Å². The summed E-state index contributed by atoms with van der Waals surface area (Å²) in [6.45, 7) is 3.96. The Morgan fingerprint density at radius 1 is 1.18 bits per heavy atom. The van der Waals surface area contributed by atoms with Crippen LogP contribution < -0.4 is 0 Å². The van der Waals surface area contributed by atoms with Crippen molar-refractivity contribution in [3.63, 3.8) is 0 Å². The zero-order chi connectivity index (χ0) is 15.6. The molecule has 0 atom stereocenters. The molecule has 22 heavy (non-hydrogen) atoms. The van der Waals surface area contributed by atoms with Gasteiger partial charge in [0.1, 0.15) is 0 Å². The molecule has 0 saturated carbocycles. The molecule has 1 saturated heterocycles. The quantitative estimate of drug-likeness (QED) is 0.713. The molecule has 0 aromatic heterocycles. The summed E-state index contributed by atoms with van der Waals surface area (Å²) < 4.78 is 5.99. The smallest absolute Gasteiger partial charge is 0.303 e. The number of carbonyl (C=O) groups is 1. The Morgan fingerprint density at radius 3 is 2.59 bits per heavy atom. The Balaban J connectivity index is 1.52. The van der Waals surface area contributed by atoms with Crippen LogP contribution in [-0.2, 0) is 16.0 Å². The highest BCUT2D eigenvalue weighted by atomic mass is 16.5. The summed E-state index contributed by atoms with van der Waals surface area (Å²) in [5.41, 5.74) is 1.33. The van der Waals surface area contributed by atoms with E-state index >= 15 is 0 Å². The van der Waals surface area contributed by atoms with Crippen molar-refractivity contribution in [1.29, 1.82) is 0 Å². The zero-order valence-corrected chi connectivity index (χ0v) is 13.2. The lowest BCUT2D eigenvalue weighted by molar-refractivity contribution is -0.137. The zero-order valence-electron chi connectivity index (χ0n) is 13.2. The largest absolute Gasteiger partial charge is 0.481 e. The Kier molecular flexibility index (Phi) is 7.40. The van der Waals surface area contributed by atoms with Crippen molar-refractivity contribution in [2.24, 2.45) is 0 Å². The van der Waals surface area contributed by atoms with Crippen LogP contribution in [0.2, 0.25) is 0 Å². The number of piperidine rings is 1. The maximum absolute atomic E-state index is 10.5. The second-order valence-corrected chi connectivity index (χ2v) is 6.00. The first-order valence-corrected chi connectivity index (χ1v) is 8.34. The molecule has 0 unspecified atom stereocenters. The van der Waals surface area contributed by atoms with Crippen molar-refractivity contribution in [2.45, 2.75) is 44.6 Å². The third-order valence-electron chi connectivity index (χ3n) is 4.24. The molecule has 1 aliphatic rings. The maximum Gasteiger partial charge on any atom is 0.303 e. The van der Waals surface area contributed by atoms with E-state index in [1.807, 2.05) is 6.07 Å². The van der Waals surface area contributed by atoms with E-state index in [0.717, 1.165) is 58.3 Å². The van der Waals surface area contributed by atoms with Crippen LogP contribution in [-0.4, -0.2) is 48.3 Å². The van der Waals surface area contributed by atoms with Gasteiger partial charge < -0.3 is 14.7 Å². The maximum atomic E-state index is 10.5. The number of ether oxygens (including phenoxy) is 1. The molecule has 1 aromatic carbocycles. The highest BCUT2D eigenvalue weighted by molar-refractivity contribution is 5.66. The molecule has 4 heteroatoms. The SMILES string of the molecule is O=C(O)CCCCN1CCC(OCCc2ccccc2)CC1. The second-order valence-electron chi connectivity index (χ2n) is 6.00. The summed E-state index contributed by atoms with van der Waals surface area (Å²) in [7, 11) is 0. The molecule has 0 radical (unpaired) electrons. The summed E-state index contributed by atoms with van der Waals surface area (Å²) in [6, 6.07) is 10.5. The van der Waals surface area contributed by atoms with Crippen LogP contribution in [0, 0.1) is 0 Å². The molecule has 1 aromatic rings. The molecule has 1 aliphatic heterocycles. The topological polar surface area (TPSA) is 49.8 Å². The Labute approximate surface area is 133 Å². The number of benzene rings is 1. The summed E-state index contributed by atoms with van der Waals surface area (Å²) in [5.74, 6) is -0.689. The van der Waals surface area contributed by atoms with Gasteiger partial charge in [0, 0.05) is 19.5 Å². The monoisotopic (exact) mass is 305 g/mol. The number of hydrogen-bond donors (Lipinski definition) is 1. The van der Waals surface area contributed by atoms with Crippen LogP contribution in [0.1, 0.15) is 37.7 Å². The average Bonchev–Trinajstić information content (AvgIpc) is 2.54. The fourth-order valence-electron chi connectivity index (χ4n) is 2.90. The van der Waals surface area contributed by atoms with Gasteiger partial charge in [-0.3, -0.25) is 4.79 Å². The summed E-state index contributed by atoms with van der Waals surface area (Å²) >= 11 is 0. The molecule has 0 spiro atoms. The molecule has 1 heterocycles. The van der Waals surface area contributed by atoms with Crippen molar-refractivity contribution in [3.05, 3.63) is 35.9 Å². The Morgan fingerprint density at radius 2 is 1.91 bits per heavy atom. The molecule has 0 aliphatic carbocycles. The van der Waals surface area contributed by atoms with Crippen LogP contribution in [0.4, 0.5) is 0 Å². The Bertz CT molecular complexity index is 427. The first-order chi connectivity index (χ1) is 10.7. The molecule has 2 rings (SSSR count). The van der Waals surface area contributed by atoms with Gasteiger partial charge in [0.05, 0.1) is 12.7 Å². The number of carboxylic acid groups (broad SMARTS) is 1. The van der Waals surface area contributed by atoms with Crippen LogP contribution in [0.3, 0.4) is 0 Å². The Hall–Kier alpha value is -1.39. The van der Waals surface area contributed by atoms with Gasteiger partial charge in [-0.05, 0) is 44.2 Å². The summed E-state index contributed by atoms with van der Waals surface area (Å²) in [5, 5.41) is 8.62. The molecule has 1 N–H and O–H groups in total. The lowest BCUT2D eigenvalue weighted by Crippen LogP contribution is -2.37. The fraction of sp³-hybridized carbons (Fsp3) is 0.611. The number of aliphatic carboxylic acids is 1. The van der Waals surface area contributed by atoms with E-state index in [2.05, 4.69) is 29.2 Å². The minimum Gasteiger partial charge on any atom is -0.481 e. The van der Waals surface area contributed by atoms with Crippen molar-refractivity contribution >= 4 is 5.97 Å². The minimum atomic E-state index is -0.689. The predicted molar refractivity (Wildman–Crippen MR) is 87.0 cm³/mol. The van der Waals surface area contributed by atoms with Crippen LogP contribution in [0.5, 0.6) is 0 Å². The van der Waals surface area contributed by atoms with Gasteiger partial charge in [-0.2, -0.15) is 0 Å². The number of unbranched alkanes of at least 4 members (excludes halogenated alkanes) is 1. The van der Waals surface area contributed by atoms with Gasteiger partial charge >= 0.3 is 5.97 Å². The van der Waals surface area contributed by atoms with E-state index < -0.39 is 5.97 Å². The lowest BCUT2D eigenvalue weighted by Gasteiger charge is -2.31. The van der Waals surface area contributed by atoms with E-state index in [4.69, 9.17) is 9.84 Å². The minimum absolute atomic E-state index is 0.291. The van der Waals surface area contributed by atoms with Gasteiger partial charge in [0.2, 0.25) is 0 Å². The van der Waals surface area contributed by atoms with E-state index in [-0.39, 0.29) is 0 Å². The highest BCUT2D eigenvalue weighted by Crippen LogP contribution is 2.15. The van der Waals surface area contributed by atoms with Crippen LogP contribution in [0.15, 0.2) is 30.3 Å². The summed E-state index contributed by atoms with van der Waals surface area (Å²) in [6.07, 6.45) is 5.60. The number of nitrogens with zero attached hydrogens (tertiary/aromatic N) is 1. The number of hydrogen-bond acceptors (Lipinski definition) is 3. The van der Waals surface area contributed by atoms with Gasteiger partial charge in [-0.1, -0.05) is 30.3 Å². The average molecular weight is 305 g/mol. The lowest BCUT2D eigenvalue weighted by atomic mass is 10.1. The van der Waals surface area contributed by atoms with Crippen LogP contribution in [0.25, 0.3) is 0 Å². The second kappa shape index (κ2) is 9.59. The van der Waals surface area contributed by atoms with Gasteiger partial charge in [-0.25, -0.2) is 0 Å². The van der Waals surface area contributed by atoms with Crippen molar-refractivity contribution in [3.8, 4) is 0 Å². The standard InChI is InChI=1S/C18H27NO3/c20-18(21)8-4-5-12-19-13-9-17(10-14-19)22-15-11-16-6-2-1-3-7-16/h1-3,6-7,17H,4-5,8-15H2,(H,20,21). The van der Waals surface area contributed by atoms with Crippen LogP contribution >= 0.6 is 0 Å². The molecule has 4 nitrogen and oxygen atoms in total. The third kappa shape index (κ3) is 6.58. The van der Waals surface area contributed by atoms with Gasteiger partial charge in [0.15, 0.2) is 0 Å². The third-order valence-corrected chi connectivity index (χ3v) is 4.24. The van der Waals surface area contributed by atoms with Gasteiger partial charge in [-0.15, -0.1) is 0 Å². The first kappa shape index (κ1) is 17.0. The normalized spacial score (nSPS) is 16.7. The van der Waals surface area contributed by atoms with E-state index in [0.29, 0.717) is 12.5 Å². The number of likely N-dealkylation sites (tertiary alicyclic amines) is 1. The molecule has 122 valence electrons. The van der Waals surface area contributed by atoms with Crippen molar-refractivity contribution in [1.82, 2.24) is 4.90 Å². The summed E-state index contributed by atoms with van der Waals surface area (Å²) in [4.78, 5) is 12.9. The highest BCUT2D eigenvalue weighted by Gasteiger charge is 2.19. The van der Waals surface area contributed by atoms with E-state index in [1.54, 1.807) is 0 Å². The molecule has 1 fully saturated rings. The number of rotatable bonds is 9. The molecule has 0 amide bonds. The predicted octanol–water partition coefficient (Wildman–Crippen LogP) is 2.97.